The van der Waals surface area contributed by atoms with Gasteiger partial charge in [-0.1, -0.05) is 37.3 Å². The second-order valence-corrected chi connectivity index (χ2v) is 4.93. The summed E-state index contributed by atoms with van der Waals surface area (Å²) in [5.41, 5.74) is 4.28. The Hall–Kier alpha value is -2.09. The van der Waals surface area contributed by atoms with Gasteiger partial charge in [-0.15, -0.1) is 0 Å². The van der Waals surface area contributed by atoms with E-state index in [1.165, 1.54) is 16.7 Å². The first-order chi connectivity index (χ1) is 9.63. The quantitative estimate of drug-likeness (QED) is 0.748. The van der Waals surface area contributed by atoms with Gasteiger partial charge in [-0.25, -0.2) is 0 Å². The summed E-state index contributed by atoms with van der Waals surface area (Å²) in [6.07, 6.45) is 0.490. The van der Waals surface area contributed by atoms with Crippen molar-refractivity contribution < 1.29 is 9.53 Å². The minimum atomic E-state index is 0.113. The van der Waals surface area contributed by atoms with Crippen molar-refractivity contribution in [2.75, 3.05) is 0 Å². The maximum Gasteiger partial charge on any atom is 0.166 e. The minimum Gasteiger partial charge on any atom is -0.488 e. The first-order valence-electron chi connectivity index (χ1n) is 6.93. The maximum absolute atomic E-state index is 11.9. The molecule has 2 heteroatoms. The zero-order valence-electron chi connectivity index (χ0n) is 12.3. The van der Waals surface area contributed by atoms with Gasteiger partial charge in [0, 0.05) is 6.42 Å². The fourth-order valence-corrected chi connectivity index (χ4v) is 2.24. The number of benzene rings is 2. The van der Waals surface area contributed by atoms with E-state index in [0.29, 0.717) is 24.3 Å². The molecule has 0 amide bonds. The lowest BCUT2D eigenvalue weighted by Crippen LogP contribution is -2.05. The SMILES string of the molecule is CCC(=O)c1ccccc1OCc1c(C)cccc1C. The summed E-state index contributed by atoms with van der Waals surface area (Å²) in [5, 5.41) is 0. The van der Waals surface area contributed by atoms with Crippen LogP contribution in [0.2, 0.25) is 0 Å². The smallest absolute Gasteiger partial charge is 0.166 e. The summed E-state index contributed by atoms with van der Waals surface area (Å²) >= 11 is 0. The van der Waals surface area contributed by atoms with Gasteiger partial charge in [0.2, 0.25) is 0 Å². The first kappa shape index (κ1) is 14.3. The molecule has 0 radical (unpaired) electrons. The molecule has 104 valence electrons. The molecule has 0 fully saturated rings. The average molecular weight is 268 g/mol. The van der Waals surface area contributed by atoms with E-state index in [0.717, 1.165) is 0 Å². The van der Waals surface area contributed by atoms with E-state index in [9.17, 15) is 4.79 Å². The Morgan fingerprint density at radius 3 is 2.30 bits per heavy atom. The van der Waals surface area contributed by atoms with Crippen molar-refractivity contribution in [3.05, 3.63) is 64.7 Å². The molecule has 20 heavy (non-hydrogen) atoms. The Labute approximate surface area is 120 Å². The fourth-order valence-electron chi connectivity index (χ4n) is 2.24. The third-order valence-electron chi connectivity index (χ3n) is 3.53. The van der Waals surface area contributed by atoms with E-state index in [1.54, 1.807) is 0 Å². The summed E-state index contributed by atoms with van der Waals surface area (Å²) in [5.74, 6) is 0.782. The fraction of sp³-hybridized carbons (Fsp3) is 0.278. The summed E-state index contributed by atoms with van der Waals surface area (Å²) in [4.78, 5) is 11.9. The molecule has 0 aliphatic carbocycles. The molecular formula is C18H20O2. The highest BCUT2D eigenvalue weighted by molar-refractivity contribution is 5.98. The highest BCUT2D eigenvalue weighted by atomic mass is 16.5. The zero-order chi connectivity index (χ0) is 14.5. The van der Waals surface area contributed by atoms with Crippen LogP contribution in [0.3, 0.4) is 0 Å². The van der Waals surface area contributed by atoms with E-state index in [4.69, 9.17) is 4.74 Å². The Morgan fingerprint density at radius 2 is 1.65 bits per heavy atom. The molecule has 0 aliphatic rings. The average Bonchev–Trinajstić information content (AvgIpc) is 2.46. The van der Waals surface area contributed by atoms with Gasteiger partial charge in [0.15, 0.2) is 5.78 Å². The molecule has 0 aromatic heterocycles. The molecule has 2 aromatic carbocycles. The Bertz CT molecular complexity index is 594. The van der Waals surface area contributed by atoms with Crippen LogP contribution < -0.4 is 4.74 Å². The standard InChI is InChI=1S/C18H20O2/c1-4-17(19)15-10-5-6-11-18(15)20-12-16-13(2)8-7-9-14(16)3/h5-11H,4,12H2,1-3H3. The molecule has 0 heterocycles. The number of ketones is 1. The van der Waals surface area contributed by atoms with Crippen LogP contribution in [0.4, 0.5) is 0 Å². The van der Waals surface area contributed by atoms with Crippen LogP contribution in [0.25, 0.3) is 0 Å². The molecule has 0 unspecified atom stereocenters. The van der Waals surface area contributed by atoms with E-state index >= 15 is 0 Å². The van der Waals surface area contributed by atoms with Crippen LogP contribution in [-0.4, -0.2) is 5.78 Å². The number of aryl methyl sites for hydroxylation is 2. The van der Waals surface area contributed by atoms with Crippen molar-refractivity contribution in [3.63, 3.8) is 0 Å². The lowest BCUT2D eigenvalue weighted by atomic mass is 10.0. The summed E-state index contributed by atoms with van der Waals surface area (Å²) in [6.45, 7) is 6.51. The maximum atomic E-state index is 11.9. The molecule has 2 nitrogen and oxygen atoms in total. The number of Topliss-reactive ketones (excluding diaryl/α,β-unsaturated/α-hetero) is 1. The van der Waals surface area contributed by atoms with Crippen molar-refractivity contribution in [3.8, 4) is 5.75 Å². The molecule has 0 atom stereocenters. The summed E-state index contributed by atoms with van der Waals surface area (Å²) in [7, 11) is 0. The Kier molecular flexibility index (Phi) is 4.57. The summed E-state index contributed by atoms with van der Waals surface area (Å²) < 4.78 is 5.89. The minimum absolute atomic E-state index is 0.113. The predicted octanol–water partition coefficient (Wildman–Crippen LogP) is 4.48. The van der Waals surface area contributed by atoms with Crippen LogP contribution >= 0.6 is 0 Å². The molecule has 2 rings (SSSR count). The van der Waals surface area contributed by atoms with Crippen molar-refractivity contribution in [2.24, 2.45) is 0 Å². The zero-order valence-corrected chi connectivity index (χ0v) is 12.3. The number of para-hydroxylation sites is 1. The summed E-state index contributed by atoms with van der Waals surface area (Å²) in [6, 6.07) is 13.6. The third kappa shape index (κ3) is 3.08. The molecule has 0 aliphatic heterocycles. The van der Waals surface area contributed by atoms with E-state index in [2.05, 4.69) is 26.0 Å². The van der Waals surface area contributed by atoms with Crippen LogP contribution in [0.1, 0.15) is 40.4 Å². The second-order valence-electron chi connectivity index (χ2n) is 4.93. The predicted molar refractivity (Wildman–Crippen MR) is 81.3 cm³/mol. The van der Waals surface area contributed by atoms with Crippen molar-refractivity contribution in [1.29, 1.82) is 0 Å². The molecule has 2 aromatic rings. The number of carbonyl (C=O) groups is 1. The number of ether oxygens (including phenoxy) is 1. The van der Waals surface area contributed by atoms with Crippen LogP contribution in [0, 0.1) is 13.8 Å². The first-order valence-corrected chi connectivity index (χ1v) is 6.93. The molecule has 0 spiro atoms. The Morgan fingerprint density at radius 1 is 1.00 bits per heavy atom. The van der Waals surface area contributed by atoms with Crippen LogP contribution in [0.15, 0.2) is 42.5 Å². The van der Waals surface area contributed by atoms with E-state index < -0.39 is 0 Å². The van der Waals surface area contributed by atoms with Crippen molar-refractivity contribution in [1.82, 2.24) is 0 Å². The molecule has 0 saturated carbocycles. The lowest BCUT2D eigenvalue weighted by Gasteiger charge is -2.13. The normalized spacial score (nSPS) is 10.3. The molecule has 0 N–H and O–H groups in total. The lowest BCUT2D eigenvalue weighted by molar-refractivity contribution is 0.0983. The van der Waals surface area contributed by atoms with Gasteiger partial charge in [-0.05, 0) is 42.7 Å². The molecule has 0 saturated heterocycles. The second kappa shape index (κ2) is 6.38. The van der Waals surface area contributed by atoms with Crippen LogP contribution in [-0.2, 0) is 6.61 Å². The van der Waals surface area contributed by atoms with Gasteiger partial charge in [-0.2, -0.15) is 0 Å². The number of carbonyl (C=O) groups excluding carboxylic acids is 1. The van der Waals surface area contributed by atoms with Crippen LogP contribution in [0.5, 0.6) is 5.75 Å². The highest BCUT2D eigenvalue weighted by Gasteiger charge is 2.11. The Balaban J connectivity index is 2.21. The topological polar surface area (TPSA) is 26.3 Å². The number of rotatable bonds is 5. The van der Waals surface area contributed by atoms with E-state index in [-0.39, 0.29) is 5.78 Å². The number of hydrogen-bond donors (Lipinski definition) is 0. The molecular weight excluding hydrogens is 248 g/mol. The van der Waals surface area contributed by atoms with Gasteiger partial charge in [0.1, 0.15) is 12.4 Å². The third-order valence-corrected chi connectivity index (χ3v) is 3.53. The van der Waals surface area contributed by atoms with E-state index in [1.807, 2.05) is 37.3 Å². The van der Waals surface area contributed by atoms with Gasteiger partial charge >= 0.3 is 0 Å². The monoisotopic (exact) mass is 268 g/mol. The van der Waals surface area contributed by atoms with Crippen molar-refractivity contribution in [2.45, 2.75) is 33.8 Å². The number of hydrogen-bond acceptors (Lipinski definition) is 2. The van der Waals surface area contributed by atoms with Gasteiger partial charge in [0.05, 0.1) is 5.56 Å². The van der Waals surface area contributed by atoms with Crippen molar-refractivity contribution >= 4 is 5.78 Å². The molecule has 0 bridgehead atoms. The van der Waals surface area contributed by atoms with Gasteiger partial charge in [-0.3, -0.25) is 4.79 Å². The highest BCUT2D eigenvalue weighted by Crippen LogP contribution is 2.22. The van der Waals surface area contributed by atoms with Gasteiger partial charge in [0.25, 0.3) is 0 Å². The van der Waals surface area contributed by atoms with Gasteiger partial charge < -0.3 is 4.74 Å². The largest absolute Gasteiger partial charge is 0.488 e.